The van der Waals surface area contributed by atoms with Gasteiger partial charge in [-0.25, -0.2) is 5.43 Å². The summed E-state index contributed by atoms with van der Waals surface area (Å²) in [4.78, 5) is 35.1. The molecule has 1 amide bonds. The van der Waals surface area contributed by atoms with Crippen molar-refractivity contribution in [3.63, 3.8) is 0 Å². The van der Waals surface area contributed by atoms with Crippen molar-refractivity contribution < 1.29 is 18.9 Å². The summed E-state index contributed by atoms with van der Waals surface area (Å²) < 4.78 is 11.8. The van der Waals surface area contributed by atoms with E-state index in [9.17, 15) is 25.0 Å². The van der Waals surface area contributed by atoms with Crippen LogP contribution in [-0.2, 0) is 22.7 Å². The molecule has 2 heterocycles. The average Bonchev–Trinajstić information content (AvgIpc) is 3.26. The molecule has 0 aliphatic carbocycles. The number of hydrogen-bond donors (Lipinski definition) is 1. The lowest BCUT2D eigenvalue weighted by Gasteiger charge is -2.12. The molecular formula is C22H19N5O6. The van der Waals surface area contributed by atoms with Crippen LogP contribution in [0.3, 0.4) is 0 Å². The van der Waals surface area contributed by atoms with Gasteiger partial charge in [-0.15, -0.1) is 0 Å². The number of rotatable bonds is 8. The number of pyridine rings is 1. The van der Waals surface area contributed by atoms with E-state index >= 15 is 0 Å². The predicted molar refractivity (Wildman–Crippen MR) is 117 cm³/mol. The Morgan fingerprint density at radius 2 is 2.06 bits per heavy atom. The van der Waals surface area contributed by atoms with Gasteiger partial charge in [-0.3, -0.25) is 19.7 Å². The lowest BCUT2D eigenvalue weighted by atomic mass is 10.1. The Morgan fingerprint density at radius 3 is 2.70 bits per heavy atom. The number of aromatic nitrogens is 1. The fourth-order valence-electron chi connectivity index (χ4n) is 3.09. The van der Waals surface area contributed by atoms with Crippen LogP contribution in [0, 0.1) is 28.4 Å². The Morgan fingerprint density at radius 1 is 1.33 bits per heavy atom. The molecule has 3 rings (SSSR count). The largest absolute Gasteiger partial charge is 0.455 e. The van der Waals surface area contributed by atoms with E-state index in [-0.39, 0.29) is 24.4 Å². The number of nitriles is 1. The number of nitro benzene ring substituents is 1. The highest BCUT2D eigenvalue weighted by atomic mass is 16.6. The first-order valence-electron chi connectivity index (χ1n) is 9.63. The van der Waals surface area contributed by atoms with Crippen molar-refractivity contribution in [1.29, 1.82) is 5.26 Å². The smallest absolute Gasteiger partial charge is 0.269 e. The molecule has 11 heteroatoms. The number of carbonyl (C=O) groups is 1. The lowest BCUT2D eigenvalue weighted by molar-refractivity contribution is -0.384. The lowest BCUT2D eigenvalue weighted by Crippen LogP contribution is -2.33. The molecule has 0 spiro atoms. The first-order valence-corrected chi connectivity index (χ1v) is 9.63. The third-order valence-electron chi connectivity index (χ3n) is 4.67. The van der Waals surface area contributed by atoms with Gasteiger partial charge in [0.25, 0.3) is 17.2 Å². The summed E-state index contributed by atoms with van der Waals surface area (Å²) in [5, 5.41) is 23.8. The highest BCUT2D eigenvalue weighted by Gasteiger charge is 2.15. The molecule has 11 nitrogen and oxygen atoms in total. The summed E-state index contributed by atoms with van der Waals surface area (Å²) in [5.74, 6) is 0.245. The van der Waals surface area contributed by atoms with E-state index in [0.29, 0.717) is 28.3 Å². The Labute approximate surface area is 187 Å². The molecule has 0 aliphatic heterocycles. The van der Waals surface area contributed by atoms with Gasteiger partial charge >= 0.3 is 0 Å². The number of nitro groups is 1. The van der Waals surface area contributed by atoms with Crippen LogP contribution in [0.5, 0.6) is 0 Å². The van der Waals surface area contributed by atoms with E-state index in [1.807, 2.05) is 6.07 Å². The quantitative estimate of drug-likeness (QED) is 0.315. The standard InChI is InChI=1S/C22H19N5O6/c1-14-9-16(13-32-2)19(10-23)22(29)26(14)12-21(28)25-24-11-18-7-8-20(33-18)15-3-5-17(6-4-15)27(30)31/h3-9,11H,12-13H2,1-2H3,(H,25,28)/b24-11-. The number of amides is 1. The summed E-state index contributed by atoms with van der Waals surface area (Å²) in [5.41, 5.74) is 3.23. The topological polar surface area (TPSA) is 153 Å². The number of aryl methyl sites for hydroxylation is 1. The summed E-state index contributed by atoms with van der Waals surface area (Å²) in [6.45, 7) is 1.44. The van der Waals surface area contributed by atoms with Crippen LogP contribution >= 0.6 is 0 Å². The van der Waals surface area contributed by atoms with Crippen LogP contribution < -0.4 is 11.0 Å². The van der Waals surface area contributed by atoms with Crippen molar-refractivity contribution in [2.24, 2.45) is 5.10 Å². The first kappa shape index (κ1) is 23.1. The first-order chi connectivity index (χ1) is 15.8. The number of nitrogens with one attached hydrogen (secondary N) is 1. The molecule has 0 saturated heterocycles. The number of furan rings is 1. The molecule has 3 aromatic rings. The van der Waals surface area contributed by atoms with E-state index in [1.54, 1.807) is 37.3 Å². The van der Waals surface area contributed by atoms with Crippen LogP contribution in [-0.4, -0.2) is 28.7 Å². The maximum atomic E-state index is 12.6. The fourth-order valence-corrected chi connectivity index (χ4v) is 3.09. The molecule has 0 aliphatic rings. The SMILES string of the molecule is COCc1cc(C)n(CC(=O)N/N=C\c2ccc(-c3ccc([N+](=O)[O-])cc3)o2)c(=O)c1C#N. The summed E-state index contributed by atoms with van der Waals surface area (Å²) in [7, 11) is 1.46. The van der Waals surface area contributed by atoms with Crippen LogP contribution in [0.15, 0.2) is 56.8 Å². The van der Waals surface area contributed by atoms with E-state index in [2.05, 4.69) is 10.5 Å². The molecule has 0 atom stereocenters. The third kappa shape index (κ3) is 5.38. The molecule has 2 aromatic heterocycles. The van der Waals surface area contributed by atoms with Gasteiger partial charge in [0.05, 0.1) is 17.7 Å². The average molecular weight is 449 g/mol. The summed E-state index contributed by atoms with van der Waals surface area (Å²) in [6.07, 6.45) is 1.28. The number of hydrazone groups is 1. The Bertz CT molecular complexity index is 1310. The second-order valence-electron chi connectivity index (χ2n) is 6.92. The minimum absolute atomic E-state index is 0.0284. The maximum Gasteiger partial charge on any atom is 0.269 e. The number of benzene rings is 1. The van der Waals surface area contributed by atoms with Gasteiger partial charge in [0.2, 0.25) is 0 Å². The van der Waals surface area contributed by atoms with E-state index in [4.69, 9.17) is 9.15 Å². The molecule has 0 fully saturated rings. The van der Waals surface area contributed by atoms with Crippen molar-refractivity contribution >= 4 is 17.8 Å². The molecule has 0 unspecified atom stereocenters. The number of methoxy groups -OCH3 is 1. The summed E-state index contributed by atoms with van der Waals surface area (Å²) in [6, 6.07) is 12.6. The third-order valence-corrected chi connectivity index (χ3v) is 4.67. The Balaban J connectivity index is 1.66. The monoisotopic (exact) mass is 449 g/mol. The molecule has 0 saturated carbocycles. The van der Waals surface area contributed by atoms with Gasteiger partial charge in [-0.1, -0.05) is 0 Å². The second-order valence-corrected chi connectivity index (χ2v) is 6.92. The van der Waals surface area contributed by atoms with Crippen LogP contribution in [0.2, 0.25) is 0 Å². The fraction of sp³-hybridized carbons (Fsp3) is 0.182. The van der Waals surface area contributed by atoms with Crippen LogP contribution in [0.1, 0.15) is 22.6 Å². The van der Waals surface area contributed by atoms with Crippen LogP contribution in [0.25, 0.3) is 11.3 Å². The van der Waals surface area contributed by atoms with Gasteiger partial charge in [0.15, 0.2) is 0 Å². The Kier molecular flexibility index (Phi) is 7.12. The van der Waals surface area contributed by atoms with E-state index in [0.717, 1.165) is 0 Å². The predicted octanol–water partition coefficient (Wildman–Crippen LogP) is 2.49. The van der Waals surface area contributed by atoms with Gasteiger partial charge in [-0.05, 0) is 37.3 Å². The Hall–Kier alpha value is -4.56. The van der Waals surface area contributed by atoms with E-state index < -0.39 is 16.4 Å². The molecule has 0 bridgehead atoms. The highest BCUT2D eigenvalue weighted by molar-refractivity contribution is 5.81. The van der Waals surface area contributed by atoms with Gasteiger partial charge < -0.3 is 13.7 Å². The number of carbonyl (C=O) groups excluding carboxylic acids is 1. The zero-order valence-electron chi connectivity index (χ0n) is 17.8. The maximum absolute atomic E-state index is 12.6. The van der Waals surface area contributed by atoms with E-state index in [1.165, 1.54) is 30.0 Å². The molecule has 1 aromatic carbocycles. The van der Waals surface area contributed by atoms with Crippen molar-refractivity contribution in [3.8, 4) is 17.4 Å². The number of nitrogens with zero attached hydrogens (tertiary/aromatic N) is 4. The van der Waals surface area contributed by atoms with Crippen molar-refractivity contribution in [3.05, 3.63) is 85.5 Å². The second kappa shape index (κ2) is 10.2. The minimum atomic E-state index is -0.581. The minimum Gasteiger partial charge on any atom is -0.455 e. The van der Waals surface area contributed by atoms with Gasteiger partial charge in [0.1, 0.15) is 29.7 Å². The molecular weight excluding hydrogens is 430 g/mol. The normalized spacial score (nSPS) is 10.8. The molecule has 0 radical (unpaired) electrons. The zero-order chi connectivity index (χ0) is 24.0. The molecule has 168 valence electrons. The highest BCUT2D eigenvalue weighted by Crippen LogP contribution is 2.24. The van der Waals surface area contributed by atoms with Gasteiger partial charge in [-0.2, -0.15) is 10.4 Å². The number of non-ortho nitro benzene ring substituents is 1. The molecule has 1 N–H and O–H groups in total. The van der Waals surface area contributed by atoms with Crippen LogP contribution in [0.4, 0.5) is 5.69 Å². The summed E-state index contributed by atoms with van der Waals surface area (Å²) >= 11 is 0. The number of hydrogen-bond acceptors (Lipinski definition) is 8. The number of ether oxygens (including phenoxy) is 1. The van der Waals surface area contributed by atoms with Crippen molar-refractivity contribution in [1.82, 2.24) is 9.99 Å². The zero-order valence-corrected chi connectivity index (χ0v) is 17.8. The van der Waals surface area contributed by atoms with Gasteiger partial charge in [0, 0.05) is 36.1 Å². The molecule has 33 heavy (non-hydrogen) atoms. The van der Waals surface area contributed by atoms with Crippen molar-refractivity contribution in [2.45, 2.75) is 20.1 Å². The van der Waals surface area contributed by atoms with Crippen molar-refractivity contribution in [2.75, 3.05) is 7.11 Å².